The number of hydrogen-bond acceptors (Lipinski definition) is 6. The summed E-state index contributed by atoms with van der Waals surface area (Å²) in [5, 5.41) is 8.69. The molecule has 0 aliphatic carbocycles. The summed E-state index contributed by atoms with van der Waals surface area (Å²) >= 11 is 1.49. The molecule has 2 rings (SSSR count). The van der Waals surface area contributed by atoms with Crippen LogP contribution in [0.4, 0.5) is 0 Å². The minimum atomic E-state index is -0.360. The van der Waals surface area contributed by atoms with E-state index >= 15 is 0 Å². The van der Waals surface area contributed by atoms with E-state index in [9.17, 15) is 9.59 Å². The minimum absolute atomic E-state index is 0.117. The van der Waals surface area contributed by atoms with Crippen LogP contribution in [0.1, 0.15) is 23.8 Å². The number of thiophene rings is 1. The average Bonchev–Trinajstić information content (AvgIpc) is 3.17. The normalized spacial score (nSPS) is 11.9. The predicted octanol–water partition coefficient (Wildman–Crippen LogP) is 1.15. The largest absolute Gasteiger partial charge is 0.469 e. The van der Waals surface area contributed by atoms with Crippen molar-refractivity contribution in [3.05, 3.63) is 35.0 Å². The Morgan fingerprint density at radius 2 is 2.38 bits per heavy atom. The number of amides is 1. The molecular weight excluding hydrogens is 292 g/mol. The first kappa shape index (κ1) is 15.2. The molecule has 2 aromatic heterocycles. The molecule has 0 aromatic carbocycles. The van der Waals surface area contributed by atoms with Crippen LogP contribution in [0, 0.1) is 0 Å². The lowest BCUT2D eigenvalue weighted by atomic mass is 10.1. The SMILES string of the molecule is COC(=O)C[C@H](NC(=O)CCn1cncn1)c1cccs1. The van der Waals surface area contributed by atoms with E-state index in [-0.39, 0.29) is 30.8 Å². The molecule has 0 aliphatic rings. The number of carbonyl (C=O) groups is 2. The number of nitrogens with one attached hydrogen (secondary N) is 1. The van der Waals surface area contributed by atoms with Crippen molar-refractivity contribution < 1.29 is 14.3 Å². The summed E-state index contributed by atoms with van der Waals surface area (Å²) in [5.41, 5.74) is 0. The highest BCUT2D eigenvalue weighted by atomic mass is 32.1. The van der Waals surface area contributed by atoms with Gasteiger partial charge in [0.2, 0.25) is 5.91 Å². The first-order chi connectivity index (χ1) is 10.2. The molecule has 0 fully saturated rings. The third-order valence-electron chi connectivity index (χ3n) is 2.85. The molecule has 112 valence electrons. The first-order valence-electron chi connectivity index (χ1n) is 6.41. The fourth-order valence-electron chi connectivity index (χ4n) is 1.79. The van der Waals surface area contributed by atoms with Crippen LogP contribution in [0.2, 0.25) is 0 Å². The van der Waals surface area contributed by atoms with Gasteiger partial charge in [-0.3, -0.25) is 14.3 Å². The van der Waals surface area contributed by atoms with Crippen molar-refractivity contribution >= 4 is 23.2 Å². The van der Waals surface area contributed by atoms with E-state index in [4.69, 9.17) is 0 Å². The maximum absolute atomic E-state index is 12.0. The monoisotopic (exact) mass is 308 g/mol. The minimum Gasteiger partial charge on any atom is -0.469 e. The molecule has 1 amide bonds. The number of hydrogen-bond donors (Lipinski definition) is 1. The van der Waals surface area contributed by atoms with Gasteiger partial charge in [-0.2, -0.15) is 5.10 Å². The van der Waals surface area contributed by atoms with Crippen LogP contribution in [0.25, 0.3) is 0 Å². The molecule has 7 nitrogen and oxygen atoms in total. The molecule has 0 bridgehead atoms. The Bertz CT molecular complexity index is 568. The number of aromatic nitrogens is 3. The van der Waals surface area contributed by atoms with Crippen LogP contribution in [0.3, 0.4) is 0 Å². The Kier molecular flexibility index (Phi) is 5.44. The Morgan fingerprint density at radius 1 is 1.52 bits per heavy atom. The van der Waals surface area contributed by atoms with E-state index < -0.39 is 0 Å². The zero-order valence-corrected chi connectivity index (χ0v) is 12.4. The summed E-state index contributed by atoms with van der Waals surface area (Å²) < 4.78 is 6.25. The van der Waals surface area contributed by atoms with Gasteiger partial charge in [0.1, 0.15) is 12.7 Å². The summed E-state index contributed by atoms with van der Waals surface area (Å²) in [6.45, 7) is 0.446. The van der Waals surface area contributed by atoms with Crippen LogP contribution < -0.4 is 5.32 Å². The lowest BCUT2D eigenvalue weighted by Crippen LogP contribution is -2.30. The van der Waals surface area contributed by atoms with E-state index in [2.05, 4.69) is 20.1 Å². The molecule has 2 aromatic rings. The third-order valence-corrected chi connectivity index (χ3v) is 3.84. The topological polar surface area (TPSA) is 86.1 Å². The second kappa shape index (κ2) is 7.53. The highest BCUT2D eigenvalue weighted by Gasteiger charge is 2.19. The molecule has 0 saturated carbocycles. The molecule has 21 heavy (non-hydrogen) atoms. The number of ether oxygens (including phenoxy) is 1. The lowest BCUT2D eigenvalue weighted by Gasteiger charge is -2.16. The number of rotatable bonds is 7. The van der Waals surface area contributed by atoms with Crippen molar-refractivity contribution in [1.29, 1.82) is 0 Å². The summed E-state index contributed by atoms with van der Waals surface area (Å²) in [6.07, 6.45) is 3.36. The number of esters is 1. The fraction of sp³-hybridized carbons (Fsp3) is 0.385. The molecule has 1 N–H and O–H groups in total. The number of aryl methyl sites for hydroxylation is 1. The van der Waals surface area contributed by atoms with Gasteiger partial charge in [0, 0.05) is 11.3 Å². The van der Waals surface area contributed by atoms with Crippen molar-refractivity contribution in [3.63, 3.8) is 0 Å². The predicted molar refractivity (Wildman–Crippen MR) is 76.5 cm³/mol. The average molecular weight is 308 g/mol. The van der Waals surface area contributed by atoms with E-state index in [1.165, 1.54) is 24.8 Å². The van der Waals surface area contributed by atoms with Crippen LogP contribution in [-0.4, -0.2) is 33.8 Å². The molecule has 0 unspecified atom stereocenters. The second-order valence-corrected chi connectivity index (χ2v) is 5.30. The second-order valence-electron chi connectivity index (χ2n) is 4.32. The van der Waals surface area contributed by atoms with E-state index in [0.29, 0.717) is 6.54 Å². The van der Waals surface area contributed by atoms with E-state index in [0.717, 1.165) is 4.88 Å². The molecule has 0 saturated heterocycles. The van der Waals surface area contributed by atoms with Gasteiger partial charge in [-0.1, -0.05) is 6.07 Å². The molecule has 2 heterocycles. The zero-order chi connectivity index (χ0) is 15.1. The van der Waals surface area contributed by atoms with Crippen molar-refractivity contribution in [1.82, 2.24) is 20.1 Å². The van der Waals surface area contributed by atoms with Crippen molar-refractivity contribution in [2.75, 3.05) is 7.11 Å². The van der Waals surface area contributed by atoms with Gasteiger partial charge in [0.25, 0.3) is 0 Å². The molecule has 1 atom stereocenters. The summed E-state index contributed by atoms with van der Waals surface area (Å²) in [4.78, 5) is 28.2. The third kappa shape index (κ3) is 4.67. The summed E-state index contributed by atoms with van der Waals surface area (Å²) in [7, 11) is 1.33. The Hall–Kier alpha value is -2.22. The van der Waals surface area contributed by atoms with Gasteiger partial charge in [0.15, 0.2) is 0 Å². The van der Waals surface area contributed by atoms with Gasteiger partial charge in [-0.05, 0) is 11.4 Å². The number of carbonyl (C=O) groups excluding carboxylic acids is 2. The number of nitrogens with zero attached hydrogens (tertiary/aromatic N) is 3. The van der Waals surface area contributed by atoms with Gasteiger partial charge in [0.05, 0.1) is 26.1 Å². The van der Waals surface area contributed by atoms with Crippen molar-refractivity contribution in [2.45, 2.75) is 25.4 Å². The van der Waals surface area contributed by atoms with Crippen LogP contribution in [0.15, 0.2) is 30.2 Å². The van der Waals surface area contributed by atoms with Crippen molar-refractivity contribution in [3.8, 4) is 0 Å². The Balaban J connectivity index is 1.91. The summed E-state index contributed by atoms with van der Waals surface area (Å²) in [6, 6.07) is 3.41. The van der Waals surface area contributed by atoms with E-state index in [1.54, 1.807) is 11.0 Å². The van der Waals surface area contributed by atoms with Gasteiger partial charge in [-0.15, -0.1) is 11.3 Å². The van der Waals surface area contributed by atoms with Crippen molar-refractivity contribution in [2.24, 2.45) is 0 Å². The molecule has 0 radical (unpaired) electrons. The van der Waals surface area contributed by atoms with Crippen LogP contribution >= 0.6 is 11.3 Å². The van der Waals surface area contributed by atoms with Crippen LogP contribution in [0.5, 0.6) is 0 Å². The Morgan fingerprint density at radius 3 is 3.00 bits per heavy atom. The quantitative estimate of drug-likeness (QED) is 0.775. The van der Waals surface area contributed by atoms with Crippen LogP contribution in [-0.2, 0) is 20.9 Å². The van der Waals surface area contributed by atoms with Gasteiger partial charge in [-0.25, -0.2) is 4.98 Å². The number of methoxy groups -OCH3 is 1. The Labute approximate surface area is 125 Å². The zero-order valence-electron chi connectivity index (χ0n) is 11.6. The molecule has 8 heteroatoms. The van der Waals surface area contributed by atoms with Gasteiger partial charge < -0.3 is 10.1 Å². The molecular formula is C13H16N4O3S. The lowest BCUT2D eigenvalue weighted by molar-refractivity contribution is -0.141. The molecule has 0 spiro atoms. The smallest absolute Gasteiger partial charge is 0.307 e. The highest BCUT2D eigenvalue weighted by Crippen LogP contribution is 2.22. The molecule has 0 aliphatic heterocycles. The first-order valence-corrected chi connectivity index (χ1v) is 7.29. The highest BCUT2D eigenvalue weighted by molar-refractivity contribution is 7.10. The maximum Gasteiger partial charge on any atom is 0.307 e. The maximum atomic E-state index is 12.0. The standard InChI is InChI=1S/C13H16N4O3S/c1-20-13(19)7-10(11-3-2-6-21-11)16-12(18)4-5-17-9-14-8-15-17/h2-3,6,8-10H,4-5,7H2,1H3,(H,16,18)/t10-/m0/s1. The van der Waals surface area contributed by atoms with E-state index in [1.807, 2.05) is 17.5 Å². The fourth-order valence-corrected chi connectivity index (χ4v) is 2.57. The van der Waals surface area contributed by atoms with Gasteiger partial charge >= 0.3 is 5.97 Å². The summed E-state index contributed by atoms with van der Waals surface area (Å²) in [5.74, 6) is -0.502.